The third-order valence-electron chi connectivity index (χ3n) is 13.4. The smallest absolute Gasteiger partial charge is 0.160 e. The van der Waals surface area contributed by atoms with Crippen LogP contribution in [0.3, 0.4) is 0 Å². The van der Waals surface area contributed by atoms with Gasteiger partial charge in [0.05, 0.1) is 22.4 Å². The van der Waals surface area contributed by atoms with Crippen LogP contribution in [0.4, 0.5) is 0 Å². The molecule has 2 heterocycles. The van der Waals surface area contributed by atoms with Crippen molar-refractivity contribution in [2.24, 2.45) is 0 Å². The number of rotatable bonds is 7. The maximum Gasteiger partial charge on any atom is 0.160 e. The lowest BCUT2D eigenvalue weighted by atomic mass is 9.84. The first kappa shape index (κ1) is 38.5. The molecule has 0 saturated carbocycles. The third kappa shape index (κ3) is 6.59. The summed E-state index contributed by atoms with van der Waals surface area (Å²) in [6.45, 7) is 0. The van der Waals surface area contributed by atoms with Crippen LogP contribution in [0.5, 0.6) is 0 Å². The Bertz CT molecular complexity index is 3930. The van der Waals surface area contributed by atoms with Crippen LogP contribution >= 0.6 is 0 Å². The van der Waals surface area contributed by atoms with Crippen molar-refractivity contribution in [1.29, 1.82) is 0 Å². The summed E-state index contributed by atoms with van der Waals surface area (Å²) in [7, 11) is 0. The highest BCUT2D eigenvalue weighted by atomic mass is 15.0. The van der Waals surface area contributed by atoms with Gasteiger partial charge in [0.1, 0.15) is 0 Å². The molecule has 0 atom stereocenters. The Morgan fingerprint density at radius 1 is 0.269 bits per heavy atom. The Hall–Kier alpha value is -8.92. The molecule has 0 unspecified atom stereocenters. The van der Waals surface area contributed by atoms with Gasteiger partial charge in [-0.1, -0.05) is 218 Å². The quantitative estimate of drug-likeness (QED) is 0.118. The first-order valence-electron chi connectivity index (χ1n) is 22.9. The number of fused-ring (bicyclic) bond motifs is 7. The Kier molecular flexibility index (Phi) is 9.17. The summed E-state index contributed by atoms with van der Waals surface area (Å²) >= 11 is 0. The second-order valence-electron chi connectivity index (χ2n) is 17.3. The van der Waals surface area contributed by atoms with Crippen molar-refractivity contribution in [3.8, 4) is 73.0 Å². The highest BCUT2D eigenvalue weighted by molar-refractivity contribution is 6.28. The average Bonchev–Trinajstić information content (AvgIpc) is 3.75. The maximum atomic E-state index is 5.15. The molecule has 0 spiro atoms. The first-order valence-corrected chi connectivity index (χ1v) is 22.9. The average molecular weight is 852 g/mol. The van der Waals surface area contributed by atoms with Gasteiger partial charge in [0.15, 0.2) is 5.82 Å². The van der Waals surface area contributed by atoms with Crippen molar-refractivity contribution in [2.75, 3.05) is 0 Å². The summed E-state index contributed by atoms with van der Waals surface area (Å²) in [6.07, 6.45) is 0. The fraction of sp³-hybridized carbons (Fsp3) is 0. The van der Waals surface area contributed by atoms with Gasteiger partial charge in [-0.25, -0.2) is 9.97 Å². The fourth-order valence-corrected chi connectivity index (χ4v) is 10.3. The molecule has 0 aliphatic carbocycles. The Morgan fingerprint density at radius 2 is 0.701 bits per heavy atom. The van der Waals surface area contributed by atoms with Crippen molar-refractivity contribution in [3.63, 3.8) is 0 Å². The SMILES string of the molecule is c1ccc(-c2nc(-c3ccc(-c4ccc(-c5c6ccccc6c(-c6ccccc6)c6c5ccc5ccccc56)cc4)cc3)cc(-c3ccc(-n4c5ccccc5c5ccccc54)cc3)n2)cc1. The van der Waals surface area contributed by atoms with E-state index in [-0.39, 0.29) is 0 Å². The van der Waals surface area contributed by atoms with E-state index in [4.69, 9.17) is 9.97 Å². The van der Waals surface area contributed by atoms with Gasteiger partial charge in [0.25, 0.3) is 0 Å². The minimum Gasteiger partial charge on any atom is -0.309 e. The van der Waals surface area contributed by atoms with Crippen LogP contribution in [-0.2, 0) is 0 Å². The van der Waals surface area contributed by atoms with Crippen LogP contribution in [0.25, 0.3) is 127 Å². The summed E-state index contributed by atoms with van der Waals surface area (Å²) in [6, 6.07) is 89.4. The summed E-state index contributed by atoms with van der Waals surface area (Å²) in [5, 5.41) is 10.1. The molecule has 0 N–H and O–H groups in total. The molecule has 13 rings (SSSR count). The van der Waals surface area contributed by atoms with Crippen LogP contribution in [0.1, 0.15) is 0 Å². The summed E-state index contributed by atoms with van der Waals surface area (Å²) in [5.41, 5.74) is 15.6. The van der Waals surface area contributed by atoms with E-state index in [1.54, 1.807) is 0 Å². The van der Waals surface area contributed by atoms with Crippen LogP contribution in [0.15, 0.2) is 249 Å². The zero-order chi connectivity index (χ0) is 44.3. The second kappa shape index (κ2) is 16.0. The molecule has 0 amide bonds. The number of nitrogens with zero attached hydrogens (tertiary/aromatic N) is 3. The third-order valence-corrected chi connectivity index (χ3v) is 13.4. The lowest BCUT2D eigenvalue weighted by Crippen LogP contribution is -1.97. The standard InChI is InChI=1S/C64H41N3/c1-3-16-47(17-4-1)62-55-24-10-9-23-54(55)61(56-40-37-44-15-7-8-20-51(44)63(56)62)48-33-29-43(30-34-48)42-27-31-45(32-28-42)57-41-58(66-64(65-57)49-18-5-2-6-19-49)46-35-38-50(39-36-46)67-59-25-13-11-21-52(59)53-22-12-14-26-60(53)67/h1-41H. The molecule has 67 heavy (non-hydrogen) atoms. The topological polar surface area (TPSA) is 30.7 Å². The van der Waals surface area contributed by atoms with E-state index in [1.807, 2.05) is 18.2 Å². The highest BCUT2D eigenvalue weighted by Crippen LogP contribution is 2.46. The molecular weight excluding hydrogens is 811 g/mol. The molecule has 2 aromatic heterocycles. The number of aromatic nitrogens is 3. The largest absolute Gasteiger partial charge is 0.309 e. The number of benzene rings is 11. The predicted molar refractivity (Wildman–Crippen MR) is 282 cm³/mol. The number of hydrogen-bond acceptors (Lipinski definition) is 2. The summed E-state index contributed by atoms with van der Waals surface area (Å²) in [5.74, 6) is 0.698. The van der Waals surface area contributed by atoms with Crippen molar-refractivity contribution < 1.29 is 0 Å². The van der Waals surface area contributed by atoms with Crippen molar-refractivity contribution in [2.45, 2.75) is 0 Å². The van der Waals surface area contributed by atoms with E-state index in [0.717, 1.165) is 44.9 Å². The molecule has 13 aromatic rings. The van der Waals surface area contributed by atoms with Crippen LogP contribution in [0.2, 0.25) is 0 Å². The molecule has 3 nitrogen and oxygen atoms in total. The van der Waals surface area contributed by atoms with Gasteiger partial charge in [-0.05, 0) is 96.0 Å². The molecule has 312 valence electrons. The zero-order valence-electron chi connectivity index (χ0n) is 36.5. The van der Waals surface area contributed by atoms with Gasteiger partial charge in [-0.2, -0.15) is 0 Å². The summed E-state index contributed by atoms with van der Waals surface area (Å²) in [4.78, 5) is 10.3. The molecule has 0 saturated heterocycles. The molecule has 0 aliphatic heterocycles. The molecule has 0 aliphatic rings. The fourth-order valence-electron chi connectivity index (χ4n) is 10.3. The highest BCUT2D eigenvalue weighted by Gasteiger charge is 2.19. The minimum atomic E-state index is 0.698. The van der Waals surface area contributed by atoms with E-state index in [0.29, 0.717) is 5.82 Å². The van der Waals surface area contributed by atoms with Crippen LogP contribution in [0, 0.1) is 0 Å². The first-order chi connectivity index (χ1) is 33.2. The Balaban J connectivity index is 0.865. The normalized spacial score (nSPS) is 11.6. The van der Waals surface area contributed by atoms with E-state index in [2.05, 4.69) is 235 Å². The van der Waals surface area contributed by atoms with E-state index < -0.39 is 0 Å². The van der Waals surface area contributed by atoms with E-state index in [1.165, 1.54) is 76.4 Å². The van der Waals surface area contributed by atoms with Crippen molar-refractivity contribution in [1.82, 2.24) is 14.5 Å². The van der Waals surface area contributed by atoms with Gasteiger partial charge in [0, 0.05) is 33.2 Å². The van der Waals surface area contributed by atoms with Crippen LogP contribution in [-0.4, -0.2) is 14.5 Å². The number of hydrogen-bond donors (Lipinski definition) is 0. The van der Waals surface area contributed by atoms with Gasteiger partial charge >= 0.3 is 0 Å². The molecule has 0 fully saturated rings. The molecule has 11 aromatic carbocycles. The maximum absolute atomic E-state index is 5.15. The van der Waals surface area contributed by atoms with E-state index in [9.17, 15) is 0 Å². The summed E-state index contributed by atoms with van der Waals surface area (Å²) < 4.78 is 2.35. The molecular formula is C64H41N3. The number of para-hydroxylation sites is 2. The predicted octanol–water partition coefficient (Wildman–Crippen LogP) is 17.0. The van der Waals surface area contributed by atoms with Crippen molar-refractivity contribution >= 4 is 54.1 Å². The monoisotopic (exact) mass is 851 g/mol. The van der Waals surface area contributed by atoms with Gasteiger partial charge in [-0.15, -0.1) is 0 Å². The molecule has 0 bridgehead atoms. The second-order valence-corrected chi connectivity index (χ2v) is 17.3. The zero-order valence-corrected chi connectivity index (χ0v) is 36.5. The minimum absolute atomic E-state index is 0.698. The van der Waals surface area contributed by atoms with Gasteiger partial charge in [-0.3, -0.25) is 0 Å². The molecule has 3 heteroatoms. The van der Waals surface area contributed by atoms with Crippen LogP contribution < -0.4 is 0 Å². The van der Waals surface area contributed by atoms with Gasteiger partial charge in [0.2, 0.25) is 0 Å². The van der Waals surface area contributed by atoms with E-state index >= 15 is 0 Å². The van der Waals surface area contributed by atoms with Crippen molar-refractivity contribution in [3.05, 3.63) is 249 Å². The lowest BCUT2D eigenvalue weighted by Gasteiger charge is -2.19. The van der Waals surface area contributed by atoms with Gasteiger partial charge < -0.3 is 4.57 Å². The Morgan fingerprint density at radius 3 is 1.30 bits per heavy atom. The lowest BCUT2D eigenvalue weighted by molar-refractivity contribution is 1.17. The molecule has 0 radical (unpaired) electrons. The Labute approximate surface area is 388 Å².